The number of nitrogens with zero attached hydrogens (tertiary/aromatic N) is 2. The Labute approximate surface area is 184 Å². The maximum absolute atomic E-state index is 12.9. The lowest BCUT2D eigenvalue weighted by Gasteiger charge is -2.28. The van der Waals surface area contributed by atoms with Gasteiger partial charge in [-0.1, -0.05) is 0 Å². The van der Waals surface area contributed by atoms with E-state index in [9.17, 15) is 24.3 Å². The first-order valence-corrected chi connectivity index (χ1v) is 11.5. The summed E-state index contributed by atoms with van der Waals surface area (Å²) in [6, 6.07) is -3.50. The summed E-state index contributed by atoms with van der Waals surface area (Å²) in [6.45, 7) is 1.90. The summed E-state index contributed by atoms with van der Waals surface area (Å²) >= 11 is 1.58. The monoisotopic (exact) mass is 454 g/mol. The highest BCUT2D eigenvalue weighted by Crippen LogP contribution is 2.19. The van der Waals surface area contributed by atoms with Crippen LogP contribution in [-0.4, -0.2) is 86.4 Å². The van der Waals surface area contributed by atoms with Crippen LogP contribution in [0.5, 0.6) is 0 Å². The molecule has 0 saturated carbocycles. The first-order chi connectivity index (χ1) is 14.7. The van der Waals surface area contributed by atoms with E-state index in [1.165, 1.54) is 17.4 Å². The maximum Gasteiger partial charge on any atom is 0.326 e. The van der Waals surface area contributed by atoms with Gasteiger partial charge in [0.15, 0.2) is 0 Å². The minimum Gasteiger partial charge on any atom is -0.480 e. The number of carboxylic acids is 1. The number of carbonyl (C=O) groups is 4. The highest BCUT2D eigenvalue weighted by Gasteiger charge is 2.38. The highest BCUT2D eigenvalue weighted by molar-refractivity contribution is 7.98. The van der Waals surface area contributed by atoms with Gasteiger partial charge in [-0.25, -0.2) is 9.78 Å². The summed E-state index contributed by atoms with van der Waals surface area (Å²) in [6.07, 6.45) is 6.40. The quantitative estimate of drug-likeness (QED) is 0.286. The average molecular weight is 455 g/mol. The number of nitrogens with two attached hydrogens (primary N) is 1. The molecule has 11 nitrogen and oxygen atoms in total. The molecule has 6 N–H and O–H groups in total. The molecule has 2 rings (SSSR count). The van der Waals surface area contributed by atoms with E-state index in [4.69, 9.17) is 5.73 Å². The number of carbonyl (C=O) groups excluding carboxylic acids is 3. The second kappa shape index (κ2) is 11.7. The van der Waals surface area contributed by atoms with Crippen LogP contribution in [0.25, 0.3) is 0 Å². The Morgan fingerprint density at radius 3 is 2.74 bits per heavy atom. The van der Waals surface area contributed by atoms with Gasteiger partial charge < -0.3 is 31.4 Å². The number of rotatable bonds is 11. The van der Waals surface area contributed by atoms with Crippen molar-refractivity contribution in [3.63, 3.8) is 0 Å². The molecule has 0 aliphatic carbocycles. The van der Waals surface area contributed by atoms with Crippen molar-refractivity contribution in [2.45, 2.75) is 56.8 Å². The van der Waals surface area contributed by atoms with Crippen molar-refractivity contribution in [2.24, 2.45) is 5.73 Å². The second-order valence-electron chi connectivity index (χ2n) is 7.49. The fraction of sp³-hybridized carbons (Fsp3) is 0.632. The van der Waals surface area contributed by atoms with Gasteiger partial charge in [0.05, 0.1) is 12.4 Å². The van der Waals surface area contributed by atoms with Gasteiger partial charge >= 0.3 is 5.97 Å². The van der Waals surface area contributed by atoms with Crippen molar-refractivity contribution in [1.82, 2.24) is 25.5 Å². The Bertz CT molecular complexity index is 774. The van der Waals surface area contributed by atoms with E-state index in [2.05, 4.69) is 20.6 Å². The Hall–Kier alpha value is -2.60. The van der Waals surface area contributed by atoms with E-state index in [-0.39, 0.29) is 6.42 Å². The molecule has 1 aliphatic rings. The summed E-state index contributed by atoms with van der Waals surface area (Å²) in [5, 5.41) is 14.6. The molecule has 31 heavy (non-hydrogen) atoms. The van der Waals surface area contributed by atoms with Crippen molar-refractivity contribution in [3.8, 4) is 0 Å². The van der Waals surface area contributed by atoms with Crippen molar-refractivity contribution in [1.29, 1.82) is 0 Å². The van der Waals surface area contributed by atoms with Crippen LogP contribution in [0.15, 0.2) is 12.5 Å². The van der Waals surface area contributed by atoms with Crippen molar-refractivity contribution < 1.29 is 24.3 Å². The third-order valence-electron chi connectivity index (χ3n) is 5.13. The summed E-state index contributed by atoms with van der Waals surface area (Å²) in [7, 11) is 0. The topological polar surface area (TPSA) is 171 Å². The van der Waals surface area contributed by atoms with Crippen LogP contribution in [0.2, 0.25) is 0 Å². The van der Waals surface area contributed by atoms with E-state index < -0.39 is 47.9 Å². The molecule has 3 amide bonds. The SMILES string of the molecule is CSCCC(N)C(=O)NC(C)C(=O)N1CCCC1C(=O)NC(Cc1cnc[nH]1)C(=O)O. The number of aromatic nitrogens is 2. The molecule has 0 aromatic carbocycles. The lowest BCUT2D eigenvalue weighted by atomic mass is 10.1. The Kier molecular flexibility index (Phi) is 9.31. The maximum atomic E-state index is 12.9. The lowest BCUT2D eigenvalue weighted by Crippen LogP contribution is -2.56. The van der Waals surface area contributed by atoms with Crippen LogP contribution in [0, 0.1) is 0 Å². The first-order valence-electron chi connectivity index (χ1n) is 10.1. The molecule has 1 fully saturated rings. The number of thioether (sulfide) groups is 1. The minimum absolute atomic E-state index is 0.0438. The highest BCUT2D eigenvalue weighted by atomic mass is 32.2. The first kappa shape index (κ1) is 24.7. The zero-order chi connectivity index (χ0) is 23.0. The molecule has 0 bridgehead atoms. The number of imidazole rings is 1. The van der Waals surface area contributed by atoms with Gasteiger partial charge in [0.2, 0.25) is 17.7 Å². The zero-order valence-corrected chi connectivity index (χ0v) is 18.5. The number of nitrogens with one attached hydrogen (secondary N) is 3. The third kappa shape index (κ3) is 6.96. The number of amides is 3. The predicted molar refractivity (Wildman–Crippen MR) is 115 cm³/mol. The summed E-state index contributed by atoms with van der Waals surface area (Å²) < 4.78 is 0. The molecule has 0 radical (unpaired) electrons. The minimum atomic E-state index is -1.18. The van der Waals surface area contributed by atoms with Crippen LogP contribution in [0.4, 0.5) is 0 Å². The van der Waals surface area contributed by atoms with Gasteiger partial charge in [0.1, 0.15) is 18.1 Å². The normalized spacial score (nSPS) is 18.8. The zero-order valence-electron chi connectivity index (χ0n) is 17.7. The van der Waals surface area contributed by atoms with Crippen molar-refractivity contribution in [3.05, 3.63) is 18.2 Å². The molecule has 1 aromatic rings. The van der Waals surface area contributed by atoms with Crippen molar-refractivity contribution in [2.75, 3.05) is 18.6 Å². The Morgan fingerprint density at radius 1 is 1.39 bits per heavy atom. The van der Waals surface area contributed by atoms with E-state index in [0.29, 0.717) is 31.5 Å². The number of hydrogen-bond acceptors (Lipinski definition) is 7. The fourth-order valence-corrected chi connectivity index (χ4v) is 3.88. The van der Waals surface area contributed by atoms with E-state index in [1.807, 2.05) is 6.26 Å². The number of H-pyrrole nitrogens is 1. The molecule has 1 saturated heterocycles. The van der Waals surface area contributed by atoms with E-state index in [1.54, 1.807) is 18.7 Å². The lowest BCUT2D eigenvalue weighted by molar-refractivity contribution is -0.144. The number of aromatic amines is 1. The molecular formula is C19H30N6O5S. The molecule has 2 heterocycles. The van der Waals surface area contributed by atoms with Crippen LogP contribution in [0.3, 0.4) is 0 Å². The van der Waals surface area contributed by atoms with Crippen LogP contribution < -0.4 is 16.4 Å². The largest absolute Gasteiger partial charge is 0.480 e. The van der Waals surface area contributed by atoms with E-state index in [0.717, 1.165) is 5.75 Å². The van der Waals surface area contributed by atoms with Gasteiger partial charge in [-0.2, -0.15) is 11.8 Å². The Morgan fingerprint density at radius 2 is 2.13 bits per heavy atom. The summed E-state index contributed by atoms with van der Waals surface area (Å²) in [5.41, 5.74) is 6.41. The summed E-state index contributed by atoms with van der Waals surface area (Å²) in [4.78, 5) is 57.4. The average Bonchev–Trinajstić information content (AvgIpc) is 3.42. The molecule has 0 spiro atoms. The molecule has 4 unspecified atom stereocenters. The number of carboxylic acid groups (broad SMARTS) is 1. The van der Waals surface area contributed by atoms with Gasteiger partial charge in [-0.3, -0.25) is 14.4 Å². The number of hydrogen-bond donors (Lipinski definition) is 5. The van der Waals surface area contributed by atoms with Gasteiger partial charge in [0.25, 0.3) is 0 Å². The van der Waals surface area contributed by atoms with E-state index >= 15 is 0 Å². The van der Waals surface area contributed by atoms with Gasteiger partial charge in [-0.05, 0) is 38.2 Å². The Balaban J connectivity index is 1.96. The third-order valence-corrected chi connectivity index (χ3v) is 5.77. The molecule has 4 atom stereocenters. The predicted octanol–water partition coefficient (Wildman–Crippen LogP) is -0.902. The molecule has 1 aliphatic heterocycles. The van der Waals surface area contributed by atoms with Crippen LogP contribution >= 0.6 is 11.8 Å². The molecular weight excluding hydrogens is 424 g/mol. The number of likely N-dealkylation sites (tertiary alicyclic amines) is 1. The van der Waals surface area contributed by atoms with Crippen molar-refractivity contribution >= 4 is 35.5 Å². The molecule has 1 aromatic heterocycles. The van der Waals surface area contributed by atoms with Crippen LogP contribution in [0.1, 0.15) is 31.9 Å². The summed E-state index contributed by atoms with van der Waals surface area (Å²) in [5.74, 6) is -1.80. The van der Waals surface area contributed by atoms with Crippen LogP contribution in [-0.2, 0) is 25.6 Å². The molecule has 12 heteroatoms. The number of aliphatic carboxylic acids is 1. The smallest absolute Gasteiger partial charge is 0.326 e. The van der Waals surface area contributed by atoms with Gasteiger partial charge in [0, 0.05) is 24.9 Å². The molecule has 172 valence electrons. The fourth-order valence-electron chi connectivity index (χ4n) is 3.39. The van der Waals surface area contributed by atoms with Gasteiger partial charge in [-0.15, -0.1) is 0 Å². The standard InChI is InChI=1S/C19H30N6O5S/c1-11(23-16(26)13(20)5-7-31-2)18(28)25-6-3-4-15(25)17(27)24-14(19(29)30)8-12-9-21-10-22-12/h9-11,13-15H,3-8,20H2,1-2H3,(H,21,22)(H,23,26)(H,24,27)(H,29,30). The second-order valence-corrected chi connectivity index (χ2v) is 8.47.